The van der Waals surface area contributed by atoms with E-state index < -0.39 is 0 Å². The SMILES string of the molecule is CCC(C)N(CC(=O)N1CCc2sccc2C1c1ccc(Cl)cc1Cl)C(=O)CCC1CCCC1. The topological polar surface area (TPSA) is 40.6 Å². The van der Waals surface area contributed by atoms with Gasteiger partial charge >= 0.3 is 0 Å². The Morgan fingerprint density at radius 3 is 2.65 bits per heavy atom. The summed E-state index contributed by atoms with van der Waals surface area (Å²) in [5, 5.41) is 3.21. The molecule has 4 rings (SSSR count). The number of fused-ring (bicyclic) bond motifs is 1. The van der Waals surface area contributed by atoms with Crippen molar-refractivity contribution in [3.8, 4) is 0 Å². The van der Waals surface area contributed by atoms with Crippen molar-refractivity contribution in [2.75, 3.05) is 13.1 Å². The first-order valence-electron chi connectivity index (χ1n) is 12.5. The molecule has 34 heavy (non-hydrogen) atoms. The van der Waals surface area contributed by atoms with Crippen molar-refractivity contribution in [2.45, 2.75) is 77.3 Å². The van der Waals surface area contributed by atoms with Crippen LogP contribution in [0.2, 0.25) is 10.0 Å². The summed E-state index contributed by atoms with van der Waals surface area (Å²) in [4.78, 5) is 32.0. The number of nitrogens with zero attached hydrogens (tertiary/aromatic N) is 2. The van der Waals surface area contributed by atoms with Crippen LogP contribution in [-0.2, 0) is 16.0 Å². The normalized spacial score (nSPS) is 19.2. The number of hydrogen-bond acceptors (Lipinski definition) is 3. The lowest BCUT2D eigenvalue weighted by atomic mass is 9.93. The quantitative estimate of drug-likeness (QED) is 0.371. The molecule has 0 saturated heterocycles. The second-order valence-electron chi connectivity index (χ2n) is 9.67. The van der Waals surface area contributed by atoms with Crippen LogP contribution >= 0.6 is 34.5 Å². The second-order valence-corrected chi connectivity index (χ2v) is 11.5. The molecule has 2 unspecified atom stereocenters. The highest BCUT2D eigenvalue weighted by Gasteiger charge is 2.35. The summed E-state index contributed by atoms with van der Waals surface area (Å²) in [6, 6.07) is 7.33. The van der Waals surface area contributed by atoms with Crippen LogP contribution in [0.4, 0.5) is 0 Å². The van der Waals surface area contributed by atoms with Crippen LogP contribution in [0, 0.1) is 5.92 Å². The van der Waals surface area contributed by atoms with Gasteiger partial charge in [0.2, 0.25) is 11.8 Å². The molecule has 4 nitrogen and oxygen atoms in total. The van der Waals surface area contributed by atoms with E-state index in [0.717, 1.165) is 30.4 Å². The maximum absolute atomic E-state index is 13.8. The highest BCUT2D eigenvalue weighted by Crippen LogP contribution is 2.41. The molecule has 7 heteroatoms. The molecule has 0 bridgehead atoms. The zero-order valence-electron chi connectivity index (χ0n) is 20.1. The van der Waals surface area contributed by atoms with E-state index in [-0.39, 0.29) is 30.4 Å². The van der Waals surface area contributed by atoms with Crippen molar-refractivity contribution >= 4 is 46.4 Å². The molecule has 2 aromatic rings. The predicted octanol–water partition coefficient (Wildman–Crippen LogP) is 7.13. The van der Waals surface area contributed by atoms with Gasteiger partial charge in [-0.25, -0.2) is 0 Å². The Morgan fingerprint density at radius 1 is 1.18 bits per heavy atom. The van der Waals surface area contributed by atoms with Crippen molar-refractivity contribution in [3.63, 3.8) is 0 Å². The van der Waals surface area contributed by atoms with Crippen molar-refractivity contribution in [2.24, 2.45) is 5.92 Å². The van der Waals surface area contributed by atoms with Gasteiger partial charge in [-0.15, -0.1) is 11.3 Å². The van der Waals surface area contributed by atoms with Crippen LogP contribution in [0.15, 0.2) is 29.6 Å². The van der Waals surface area contributed by atoms with Gasteiger partial charge in [-0.05, 0) is 66.8 Å². The summed E-state index contributed by atoms with van der Waals surface area (Å²) in [5.41, 5.74) is 2.00. The van der Waals surface area contributed by atoms with Crippen LogP contribution in [0.5, 0.6) is 0 Å². The average molecular weight is 522 g/mol. The number of thiophene rings is 1. The van der Waals surface area contributed by atoms with E-state index in [1.54, 1.807) is 22.3 Å². The molecule has 2 aliphatic rings. The first kappa shape index (κ1) is 25.5. The number of carbonyl (C=O) groups excluding carboxylic acids is 2. The van der Waals surface area contributed by atoms with Crippen LogP contribution in [0.1, 0.15) is 80.8 Å². The Morgan fingerprint density at radius 2 is 1.94 bits per heavy atom. The number of rotatable bonds is 8. The lowest BCUT2D eigenvalue weighted by Crippen LogP contribution is -2.49. The largest absolute Gasteiger partial charge is 0.331 e. The van der Waals surface area contributed by atoms with Gasteiger partial charge in [0.15, 0.2) is 0 Å². The molecule has 1 aliphatic heterocycles. The van der Waals surface area contributed by atoms with Gasteiger partial charge in [-0.2, -0.15) is 0 Å². The Labute approximate surface area is 217 Å². The highest BCUT2D eigenvalue weighted by molar-refractivity contribution is 7.10. The van der Waals surface area contributed by atoms with Crippen molar-refractivity contribution in [1.29, 1.82) is 0 Å². The summed E-state index contributed by atoms with van der Waals surface area (Å²) >= 11 is 14.5. The molecule has 1 saturated carbocycles. The second kappa shape index (κ2) is 11.5. The minimum absolute atomic E-state index is 0.0256. The molecule has 1 fully saturated rings. The summed E-state index contributed by atoms with van der Waals surface area (Å²) in [7, 11) is 0. The molecular weight excluding hydrogens is 487 g/mol. The first-order chi connectivity index (χ1) is 16.4. The van der Waals surface area contributed by atoms with Gasteiger partial charge in [0.1, 0.15) is 6.54 Å². The molecule has 2 amide bonds. The summed E-state index contributed by atoms with van der Waals surface area (Å²) in [5.74, 6) is 0.736. The van der Waals surface area contributed by atoms with Crippen LogP contribution in [0.3, 0.4) is 0 Å². The maximum atomic E-state index is 13.8. The first-order valence-corrected chi connectivity index (χ1v) is 14.1. The molecule has 1 aromatic heterocycles. The Balaban J connectivity index is 1.55. The zero-order chi connectivity index (χ0) is 24.2. The smallest absolute Gasteiger partial charge is 0.243 e. The van der Waals surface area contributed by atoms with Gasteiger partial charge in [0.05, 0.1) is 6.04 Å². The van der Waals surface area contributed by atoms with Gasteiger partial charge in [-0.3, -0.25) is 9.59 Å². The van der Waals surface area contributed by atoms with E-state index in [4.69, 9.17) is 23.2 Å². The highest BCUT2D eigenvalue weighted by atomic mass is 35.5. The van der Waals surface area contributed by atoms with Crippen LogP contribution in [0.25, 0.3) is 0 Å². The van der Waals surface area contributed by atoms with E-state index in [0.29, 0.717) is 28.9 Å². The zero-order valence-corrected chi connectivity index (χ0v) is 22.4. The lowest BCUT2D eigenvalue weighted by Gasteiger charge is -2.39. The molecule has 0 spiro atoms. The fourth-order valence-corrected chi connectivity index (χ4v) is 6.78. The van der Waals surface area contributed by atoms with Crippen LogP contribution in [-0.4, -0.2) is 40.7 Å². The third kappa shape index (κ3) is 5.63. The van der Waals surface area contributed by atoms with Gasteiger partial charge in [-0.1, -0.05) is 61.9 Å². The number of halogens is 2. The third-order valence-electron chi connectivity index (χ3n) is 7.53. The number of benzene rings is 1. The summed E-state index contributed by atoms with van der Waals surface area (Å²) < 4.78 is 0. The van der Waals surface area contributed by atoms with Crippen molar-refractivity contribution in [1.82, 2.24) is 9.80 Å². The molecule has 0 N–H and O–H groups in total. The monoisotopic (exact) mass is 520 g/mol. The van der Waals surface area contributed by atoms with Crippen molar-refractivity contribution < 1.29 is 9.59 Å². The Hall–Kier alpha value is -1.56. The van der Waals surface area contributed by atoms with E-state index >= 15 is 0 Å². The fourth-order valence-electron chi connectivity index (χ4n) is 5.36. The molecule has 1 aromatic carbocycles. The third-order valence-corrected chi connectivity index (χ3v) is 9.09. The van der Waals surface area contributed by atoms with Crippen molar-refractivity contribution in [3.05, 3.63) is 55.7 Å². The van der Waals surface area contributed by atoms with Crippen LogP contribution < -0.4 is 0 Å². The van der Waals surface area contributed by atoms with Gasteiger partial charge in [0.25, 0.3) is 0 Å². The predicted molar refractivity (Wildman–Crippen MR) is 141 cm³/mol. The van der Waals surface area contributed by atoms with E-state index in [1.807, 2.05) is 24.0 Å². The minimum Gasteiger partial charge on any atom is -0.331 e. The molecule has 2 atom stereocenters. The fraction of sp³-hybridized carbons (Fsp3) is 0.556. The van der Waals surface area contributed by atoms with E-state index in [2.05, 4.69) is 18.4 Å². The Kier molecular flexibility index (Phi) is 8.60. The van der Waals surface area contributed by atoms with Gasteiger partial charge < -0.3 is 9.80 Å². The van der Waals surface area contributed by atoms with E-state index in [9.17, 15) is 9.59 Å². The molecule has 184 valence electrons. The number of amides is 2. The standard InChI is InChI=1S/C27H34Cl2N2O2S/c1-3-18(2)31(25(32)11-8-19-6-4-5-7-19)17-26(33)30-14-12-24-22(13-15-34-24)27(30)21-10-9-20(28)16-23(21)29/h9-10,13,15-16,18-19,27H,3-8,11-12,14,17H2,1-2H3. The van der Waals surface area contributed by atoms with Gasteiger partial charge in [0, 0.05) is 33.9 Å². The molecule has 0 radical (unpaired) electrons. The lowest BCUT2D eigenvalue weighted by molar-refractivity contribution is -0.143. The van der Waals surface area contributed by atoms with E-state index in [1.165, 1.54) is 30.6 Å². The maximum Gasteiger partial charge on any atom is 0.243 e. The minimum atomic E-state index is -0.264. The number of hydrogen-bond donors (Lipinski definition) is 0. The molecular formula is C27H34Cl2N2O2S. The number of carbonyl (C=O) groups is 2. The summed E-state index contributed by atoms with van der Waals surface area (Å²) in [6.45, 7) is 4.84. The molecule has 2 heterocycles. The molecule has 1 aliphatic carbocycles. The Bertz CT molecular complexity index is 1020. The summed E-state index contributed by atoms with van der Waals surface area (Å²) in [6.07, 6.45) is 8.13. The average Bonchev–Trinajstić information content (AvgIpc) is 3.52.